The molecule has 0 amide bonds. The summed E-state index contributed by atoms with van der Waals surface area (Å²) in [5.74, 6) is -1.05. The van der Waals surface area contributed by atoms with E-state index in [2.05, 4.69) is 0 Å². The molecule has 5 nitrogen and oxygen atoms in total. The number of carboxylic acids is 1. The van der Waals surface area contributed by atoms with Gasteiger partial charge in [-0.3, -0.25) is 0 Å². The third kappa shape index (κ3) is 4.32. The van der Waals surface area contributed by atoms with E-state index in [1.807, 2.05) is 0 Å². The summed E-state index contributed by atoms with van der Waals surface area (Å²) >= 11 is -2.04. The van der Waals surface area contributed by atoms with E-state index in [1.54, 1.807) is 0 Å². The van der Waals surface area contributed by atoms with E-state index in [0.717, 1.165) is 0 Å². The number of hydrogen-bond donors (Lipinski definition) is 2. The van der Waals surface area contributed by atoms with Crippen LogP contribution < -0.4 is 0 Å². The second-order valence-corrected chi connectivity index (χ2v) is 3.05. The fourth-order valence-electron chi connectivity index (χ4n) is 0.714. The molecular formula is C7H9NaO5S. The van der Waals surface area contributed by atoms with Crippen molar-refractivity contribution in [2.24, 2.45) is 0 Å². The van der Waals surface area contributed by atoms with E-state index in [4.69, 9.17) is 9.66 Å². The molecule has 0 aliphatic carbocycles. The van der Waals surface area contributed by atoms with Crippen LogP contribution in [-0.4, -0.2) is 54.9 Å². The van der Waals surface area contributed by atoms with Gasteiger partial charge in [-0.1, -0.05) is 0 Å². The van der Waals surface area contributed by atoms with Crippen LogP contribution in [-0.2, 0) is 11.1 Å². The Labute approximate surface area is 105 Å². The molecule has 0 aliphatic heterocycles. The summed E-state index contributed by atoms with van der Waals surface area (Å²) in [6, 6.07) is 5.18. The monoisotopic (exact) mass is 228 g/mol. The predicted octanol–water partition coefficient (Wildman–Crippen LogP) is -0.508. The van der Waals surface area contributed by atoms with Crippen molar-refractivity contribution in [3.63, 3.8) is 0 Å². The Kier molecular flexibility index (Phi) is 8.22. The van der Waals surface area contributed by atoms with Gasteiger partial charge in [0.25, 0.3) is 0 Å². The number of aromatic carboxylic acids is 1. The van der Waals surface area contributed by atoms with Gasteiger partial charge >= 0.3 is 35.5 Å². The first kappa shape index (κ1) is 16.2. The van der Waals surface area contributed by atoms with Crippen molar-refractivity contribution in [3.8, 4) is 0 Å². The molecule has 4 N–H and O–H groups in total. The Morgan fingerprint density at radius 3 is 1.93 bits per heavy atom. The zero-order chi connectivity index (χ0) is 9.14. The van der Waals surface area contributed by atoms with Gasteiger partial charge in [0.1, 0.15) is 0 Å². The first-order valence-corrected chi connectivity index (χ1v) is 4.16. The van der Waals surface area contributed by atoms with Gasteiger partial charge in [-0.15, -0.1) is 0 Å². The Balaban J connectivity index is 0. The van der Waals surface area contributed by atoms with Crippen LogP contribution in [0.5, 0.6) is 0 Å². The first-order valence-electron chi connectivity index (χ1n) is 3.05. The molecule has 0 radical (unpaired) electrons. The standard InChI is InChI=1S/C7H6O4S.Na.H2O.H/c8-7(9)5-1-3-6(4-2-5)12(10)11;;;/h1-4H,(H,8,9)(H,10,11);;1H2;. The Hall–Kier alpha value is -0.240. The van der Waals surface area contributed by atoms with Crippen molar-refractivity contribution in [2.75, 3.05) is 0 Å². The van der Waals surface area contributed by atoms with Gasteiger partial charge in [0.15, 0.2) is 11.1 Å². The molecule has 1 aromatic carbocycles. The first-order chi connectivity index (χ1) is 5.61. The summed E-state index contributed by atoms with van der Waals surface area (Å²) in [6.45, 7) is 0. The normalized spacial score (nSPS) is 10.6. The zero-order valence-electron chi connectivity index (χ0n) is 6.43. The van der Waals surface area contributed by atoms with E-state index < -0.39 is 17.0 Å². The summed E-state index contributed by atoms with van der Waals surface area (Å²) in [4.78, 5) is 10.5. The van der Waals surface area contributed by atoms with Gasteiger partial charge in [-0.05, 0) is 24.3 Å². The van der Waals surface area contributed by atoms with E-state index in [9.17, 15) is 9.00 Å². The minimum absolute atomic E-state index is 0. The van der Waals surface area contributed by atoms with Crippen LogP contribution in [0.2, 0.25) is 0 Å². The number of benzene rings is 1. The molecular weight excluding hydrogens is 219 g/mol. The van der Waals surface area contributed by atoms with Gasteiger partial charge in [-0.25, -0.2) is 9.00 Å². The summed E-state index contributed by atoms with van der Waals surface area (Å²) in [6.07, 6.45) is 0. The molecule has 0 saturated heterocycles. The number of carbonyl (C=O) groups is 1. The molecule has 0 aliphatic rings. The molecule has 1 unspecified atom stereocenters. The maximum absolute atomic E-state index is 10.4. The number of carboxylic acid groups (broad SMARTS) is 1. The van der Waals surface area contributed by atoms with Crippen LogP contribution in [0.15, 0.2) is 29.2 Å². The van der Waals surface area contributed by atoms with Crippen LogP contribution >= 0.6 is 0 Å². The van der Waals surface area contributed by atoms with Crippen molar-refractivity contribution in [1.29, 1.82) is 0 Å². The van der Waals surface area contributed by atoms with Crippen LogP contribution in [0, 0.1) is 0 Å². The Bertz CT molecular complexity index is 290. The molecule has 0 saturated carbocycles. The van der Waals surface area contributed by atoms with E-state index in [1.165, 1.54) is 24.3 Å². The predicted molar refractivity (Wildman–Crippen MR) is 53.2 cm³/mol. The fraction of sp³-hybridized carbons (Fsp3) is 0. The van der Waals surface area contributed by atoms with Gasteiger partial charge in [0.05, 0.1) is 10.5 Å². The minimum atomic E-state index is -2.04. The fourth-order valence-corrected chi connectivity index (χ4v) is 1.08. The second-order valence-electron chi connectivity index (χ2n) is 2.08. The van der Waals surface area contributed by atoms with Crippen LogP contribution in [0.1, 0.15) is 10.4 Å². The molecule has 0 bridgehead atoms. The molecule has 1 atom stereocenters. The molecule has 7 heteroatoms. The Morgan fingerprint density at radius 1 is 1.21 bits per heavy atom. The summed E-state index contributed by atoms with van der Waals surface area (Å²) in [5, 5.41) is 8.48. The number of hydrogen-bond acceptors (Lipinski definition) is 2. The van der Waals surface area contributed by atoms with Crippen molar-refractivity contribution in [3.05, 3.63) is 29.8 Å². The van der Waals surface area contributed by atoms with Gasteiger partial charge in [0.2, 0.25) is 0 Å². The van der Waals surface area contributed by atoms with Crippen molar-refractivity contribution in [1.82, 2.24) is 0 Å². The van der Waals surface area contributed by atoms with Gasteiger partial charge < -0.3 is 15.1 Å². The van der Waals surface area contributed by atoms with Gasteiger partial charge in [-0.2, -0.15) is 0 Å². The van der Waals surface area contributed by atoms with Crippen LogP contribution in [0.25, 0.3) is 0 Å². The van der Waals surface area contributed by atoms with Crippen molar-refractivity contribution in [2.45, 2.75) is 4.90 Å². The third-order valence-electron chi connectivity index (χ3n) is 1.30. The molecule has 0 aromatic heterocycles. The van der Waals surface area contributed by atoms with Crippen LogP contribution in [0.4, 0.5) is 0 Å². The molecule has 1 aromatic rings. The van der Waals surface area contributed by atoms with E-state index in [0.29, 0.717) is 0 Å². The van der Waals surface area contributed by atoms with Crippen LogP contribution in [0.3, 0.4) is 0 Å². The molecule has 74 valence electrons. The average Bonchev–Trinajstić information content (AvgIpc) is 2.04. The summed E-state index contributed by atoms with van der Waals surface area (Å²) in [5.41, 5.74) is 0.101. The molecule has 0 heterocycles. The van der Waals surface area contributed by atoms with Gasteiger partial charge in [0, 0.05) is 0 Å². The second kappa shape index (κ2) is 7.10. The zero-order valence-corrected chi connectivity index (χ0v) is 7.25. The molecule has 14 heavy (non-hydrogen) atoms. The topological polar surface area (TPSA) is 106 Å². The van der Waals surface area contributed by atoms with Crippen molar-refractivity contribution < 1.29 is 24.1 Å². The Morgan fingerprint density at radius 2 is 1.64 bits per heavy atom. The number of rotatable bonds is 2. The van der Waals surface area contributed by atoms with E-state index >= 15 is 0 Å². The quantitative estimate of drug-likeness (QED) is 0.525. The summed E-state index contributed by atoms with van der Waals surface area (Å²) < 4.78 is 19.0. The van der Waals surface area contributed by atoms with E-state index in [-0.39, 0.29) is 45.5 Å². The molecule has 1 rings (SSSR count). The summed E-state index contributed by atoms with van der Waals surface area (Å²) in [7, 11) is 0. The molecule has 0 spiro atoms. The molecule has 0 fully saturated rings. The average molecular weight is 228 g/mol. The SMILES string of the molecule is O.O=C(O)c1ccc(S(=O)O)cc1.[NaH]. The third-order valence-corrected chi connectivity index (χ3v) is 1.98. The van der Waals surface area contributed by atoms with Crippen molar-refractivity contribution >= 4 is 46.6 Å². The maximum atomic E-state index is 10.4.